The van der Waals surface area contributed by atoms with Crippen LogP contribution >= 0.6 is 15.9 Å². The summed E-state index contributed by atoms with van der Waals surface area (Å²) in [5, 5.41) is 11.9. The van der Waals surface area contributed by atoms with Crippen molar-refractivity contribution in [3.63, 3.8) is 0 Å². The van der Waals surface area contributed by atoms with Gasteiger partial charge in [0, 0.05) is 18.3 Å². The van der Waals surface area contributed by atoms with Crippen molar-refractivity contribution in [3.05, 3.63) is 22.7 Å². The van der Waals surface area contributed by atoms with Crippen molar-refractivity contribution in [1.29, 1.82) is 0 Å². The Balaban J connectivity index is 2.11. The number of ether oxygens (including phenoxy) is 1. The number of aliphatic carboxylic acids is 1. The first kappa shape index (κ1) is 15.6. The lowest BCUT2D eigenvalue weighted by molar-refractivity contribution is -0.143. The van der Waals surface area contributed by atoms with Gasteiger partial charge in [0.2, 0.25) is 0 Å². The van der Waals surface area contributed by atoms with Crippen molar-refractivity contribution < 1.29 is 19.4 Å². The molecule has 0 radical (unpaired) electrons. The van der Waals surface area contributed by atoms with E-state index in [0.29, 0.717) is 24.4 Å². The van der Waals surface area contributed by atoms with Crippen LogP contribution in [0.3, 0.4) is 0 Å². The predicted molar refractivity (Wildman–Crippen MR) is 81.7 cm³/mol. The van der Waals surface area contributed by atoms with Gasteiger partial charge >= 0.3 is 12.0 Å². The maximum Gasteiger partial charge on any atom is 0.326 e. The maximum absolute atomic E-state index is 12.3. The molecule has 1 fully saturated rings. The number of carbonyl (C=O) groups is 2. The average molecular weight is 357 g/mol. The topological polar surface area (TPSA) is 78.9 Å². The van der Waals surface area contributed by atoms with E-state index in [2.05, 4.69) is 21.2 Å². The second kappa shape index (κ2) is 6.80. The monoisotopic (exact) mass is 356 g/mol. The average Bonchev–Trinajstić information content (AvgIpc) is 2.49. The fraction of sp³-hybridized carbons (Fsp3) is 0.429. The van der Waals surface area contributed by atoms with Crippen molar-refractivity contribution in [2.45, 2.75) is 25.3 Å². The summed E-state index contributed by atoms with van der Waals surface area (Å²) in [7, 11) is 1.54. The maximum atomic E-state index is 12.3. The molecule has 1 saturated heterocycles. The molecule has 1 heterocycles. The first-order valence-electron chi connectivity index (χ1n) is 6.67. The van der Waals surface area contributed by atoms with E-state index in [1.807, 2.05) is 0 Å². The summed E-state index contributed by atoms with van der Waals surface area (Å²) in [6.45, 7) is 0.455. The van der Waals surface area contributed by atoms with E-state index in [-0.39, 0.29) is 0 Å². The van der Waals surface area contributed by atoms with Crippen LogP contribution in [0.5, 0.6) is 5.75 Å². The third-order valence-corrected chi connectivity index (χ3v) is 4.11. The van der Waals surface area contributed by atoms with Crippen LogP contribution < -0.4 is 10.1 Å². The van der Waals surface area contributed by atoms with E-state index >= 15 is 0 Å². The van der Waals surface area contributed by atoms with Gasteiger partial charge in [-0.1, -0.05) is 0 Å². The summed E-state index contributed by atoms with van der Waals surface area (Å²) in [6, 6.07) is 4.02. The molecule has 1 aromatic rings. The summed E-state index contributed by atoms with van der Waals surface area (Å²) >= 11 is 3.34. The lowest BCUT2D eigenvalue weighted by Crippen LogP contribution is -2.49. The predicted octanol–water partition coefficient (Wildman–Crippen LogP) is 2.93. The lowest BCUT2D eigenvalue weighted by atomic mass is 10.0. The highest BCUT2D eigenvalue weighted by Gasteiger charge is 2.31. The highest BCUT2D eigenvalue weighted by molar-refractivity contribution is 9.10. The Bertz CT molecular complexity index is 550. The van der Waals surface area contributed by atoms with Crippen molar-refractivity contribution in [1.82, 2.24) is 4.90 Å². The number of carboxylic acids is 1. The molecule has 0 bridgehead atoms. The number of nitrogens with one attached hydrogen (secondary N) is 1. The fourth-order valence-electron chi connectivity index (χ4n) is 2.36. The van der Waals surface area contributed by atoms with Crippen molar-refractivity contribution in [2.75, 3.05) is 19.0 Å². The van der Waals surface area contributed by atoms with Crippen LogP contribution in [0.1, 0.15) is 19.3 Å². The lowest BCUT2D eigenvalue weighted by Gasteiger charge is -2.32. The van der Waals surface area contributed by atoms with Crippen LogP contribution in [-0.2, 0) is 4.79 Å². The minimum absolute atomic E-state index is 0.397. The number of rotatable bonds is 3. The number of benzene rings is 1. The van der Waals surface area contributed by atoms with Gasteiger partial charge in [-0.3, -0.25) is 0 Å². The number of nitrogens with zero attached hydrogens (tertiary/aromatic N) is 1. The van der Waals surface area contributed by atoms with E-state index in [1.54, 1.807) is 18.2 Å². The van der Waals surface area contributed by atoms with Gasteiger partial charge in [-0.15, -0.1) is 0 Å². The number of anilines is 1. The molecule has 1 aliphatic rings. The molecule has 1 atom stereocenters. The third-order valence-electron chi connectivity index (χ3n) is 3.45. The fourth-order valence-corrected chi connectivity index (χ4v) is 2.77. The van der Waals surface area contributed by atoms with Crippen LogP contribution in [-0.4, -0.2) is 41.7 Å². The Kier molecular flexibility index (Phi) is 5.06. The molecule has 2 amide bonds. The zero-order chi connectivity index (χ0) is 15.4. The number of amides is 2. The van der Waals surface area contributed by atoms with Crippen molar-refractivity contribution in [3.8, 4) is 5.75 Å². The Morgan fingerprint density at radius 2 is 2.19 bits per heavy atom. The molecule has 21 heavy (non-hydrogen) atoms. The molecule has 7 heteroatoms. The Morgan fingerprint density at radius 1 is 1.43 bits per heavy atom. The highest BCUT2D eigenvalue weighted by atomic mass is 79.9. The number of piperidine rings is 1. The minimum atomic E-state index is -0.960. The molecular formula is C14H17BrN2O4. The zero-order valence-corrected chi connectivity index (χ0v) is 13.2. The summed E-state index contributed by atoms with van der Waals surface area (Å²) in [4.78, 5) is 24.9. The van der Waals surface area contributed by atoms with Gasteiger partial charge in [0.05, 0.1) is 11.6 Å². The summed E-state index contributed by atoms with van der Waals surface area (Å²) in [6.07, 6.45) is 2.14. The molecule has 114 valence electrons. The van der Waals surface area contributed by atoms with Gasteiger partial charge < -0.3 is 20.1 Å². The van der Waals surface area contributed by atoms with Crippen LogP contribution in [0.25, 0.3) is 0 Å². The Labute approximate surface area is 131 Å². The summed E-state index contributed by atoms with van der Waals surface area (Å²) in [5.74, 6) is -0.362. The molecule has 6 nitrogen and oxygen atoms in total. The third kappa shape index (κ3) is 3.66. The van der Waals surface area contributed by atoms with Gasteiger partial charge in [0.15, 0.2) is 0 Å². The molecule has 1 aromatic carbocycles. The highest BCUT2D eigenvalue weighted by Crippen LogP contribution is 2.28. The first-order chi connectivity index (χ1) is 10.0. The SMILES string of the molecule is COc1cc(NC(=O)N2CCCCC2C(=O)O)ccc1Br. The number of urea groups is 1. The molecule has 0 aliphatic carbocycles. The van der Waals surface area contributed by atoms with Crippen molar-refractivity contribution >= 4 is 33.6 Å². The van der Waals surface area contributed by atoms with E-state index in [4.69, 9.17) is 4.74 Å². The van der Waals surface area contributed by atoms with Gasteiger partial charge in [-0.25, -0.2) is 9.59 Å². The molecule has 1 unspecified atom stereocenters. The summed E-state index contributed by atoms with van der Waals surface area (Å²) in [5.41, 5.74) is 0.565. The van der Waals surface area contributed by atoms with Crippen LogP contribution in [0.15, 0.2) is 22.7 Å². The number of halogens is 1. The summed E-state index contributed by atoms with van der Waals surface area (Å²) < 4.78 is 5.95. The zero-order valence-electron chi connectivity index (χ0n) is 11.6. The standard InChI is InChI=1S/C14H17BrN2O4/c1-21-12-8-9(5-6-10(12)15)16-14(20)17-7-3-2-4-11(17)13(18)19/h5-6,8,11H,2-4,7H2,1H3,(H,16,20)(H,18,19). The first-order valence-corrected chi connectivity index (χ1v) is 7.46. The normalized spacial score (nSPS) is 18.2. The number of likely N-dealkylation sites (tertiary alicyclic amines) is 1. The van der Waals surface area contributed by atoms with E-state index in [9.17, 15) is 14.7 Å². The minimum Gasteiger partial charge on any atom is -0.495 e. The number of hydrogen-bond acceptors (Lipinski definition) is 3. The smallest absolute Gasteiger partial charge is 0.326 e. The largest absolute Gasteiger partial charge is 0.495 e. The van der Waals surface area contributed by atoms with Gasteiger partial charge in [0.25, 0.3) is 0 Å². The molecule has 2 rings (SSSR count). The van der Waals surface area contributed by atoms with Crippen LogP contribution in [0.4, 0.5) is 10.5 Å². The Morgan fingerprint density at radius 3 is 2.86 bits per heavy atom. The number of hydrogen-bond donors (Lipinski definition) is 2. The molecule has 0 spiro atoms. The van der Waals surface area contributed by atoms with Gasteiger partial charge in [-0.2, -0.15) is 0 Å². The van der Waals surface area contributed by atoms with Crippen LogP contribution in [0, 0.1) is 0 Å². The molecule has 0 aromatic heterocycles. The molecule has 0 saturated carbocycles. The molecule has 2 N–H and O–H groups in total. The number of carboxylic acid groups (broad SMARTS) is 1. The second-order valence-electron chi connectivity index (χ2n) is 4.82. The Hall–Kier alpha value is -1.76. The number of methoxy groups -OCH3 is 1. The van der Waals surface area contributed by atoms with E-state index in [1.165, 1.54) is 12.0 Å². The second-order valence-corrected chi connectivity index (χ2v) is 5.68. The van der Waals surface area contributed by atoms with E-state index in [0.717, 1.165) is 17.3 Å². The quantitative estimate of drug-likeness (QED) is 0.872. The van der Waals surface area contributed by atoms with E-state index < -0.39 is 18.0 Å². The molecular weight excluding hydrogens is 340 g/mol. The molecule has 1 aliphatic heterocycles. The van der Waals surface area contributed by atoms with Crippen molar-refractivity contribution in [2.24, 2.45) is 0 Å². The van der Waals surface area contributed by atoms with Crippen LogP contribution in [0.2, 0.25) is 0 Å². The number of carbonyl (C=O) groups excluding carboxylic acids is 1. The van der Waals surface area contributed by atoms with Gasteiger partial charge in [0.1, 0.15) is 11.8 Å². The van der Waals surface area contributed by atoms with Gasteiger partial charge in [-0.05, 0) is 47.3 Å².